The van der Waals surface area contributed by atoms with Gasteiger partial charge in [-0.1, -0.05) is 73.2 Å². The van der Waals surface area contributed by atoms with Crippen LogP contribution in [0.4, 0.5) is 10.8 Å². The molecule has 7 heteroatoms. The fraction of sp³-hybridized carbons (Fsp3) is 0.121. The van der Waals surface area contributed by atoms with Crippen LogP contribution in [0.15, 0.2) is 100 Å². The van der Waals surface area contributed by atoms with Crippen molar-refractivity contribution in [1.82, 2.24) is 4.98 Å². The summed E-state index contributed by atoms with van der Waals surface area (Å²) < 4.78 is 11.7. The molecule has 0 aliphatic heterocycles. The van der Waals surface area contributed by atoms with Crippen LogP contribution in [0.3, 0.4) is 0 Å². The molecule has 6 nitrogen and oxygen atoms in total. The van der Waals surface area contributed by atoms with Crippen LogP contribution in [0.1, 0.15) is 27.7 Å². The Hall–Kier alpha value is -4.75. The molecule has 2 heterocycles. The lowest BCUT2D eigenvalue weighted by atomic mass is 10.0. The molecule has 0 fully saturated rings. The highest BCUT2D eigenvalue weighted by atomic mass is 32.1. The van der Waals surface area contributed by atoms with Crippen LogP contribution in [0.25, 0.3) is 33.0 Å². The van der Waals surface area contributed by atoms with Crippen molar-refractivity contribution in [1.29, 1.82) is 0 Å². The van der Waals surface area contributed by atoms with Gasteiger partial charge in [-0.3, -0.25) is 10.1 Å². The molecule has 0 saturated carbocycles. The van der Waals surface area contributed by atoms with E-state index in [0.717, 1.165) is 38.9 Å². The Kier molecular flexibility index (Phi) is 6.88. The number of carbonyl (C=O) groups excluding carboxylic acids is 1. The van der Waals surface area contributed by atoms with E-state index in [1.165, 1.54) is 16.7 Å². The minimum Gasteiger partial charge on any atom is -0.493 e. The molecule has 2 aromatic heterocycles. The van der Waals surface area contributed by atoms with Gasteiger partial charge in [0, 0.05) is 15.8 Å². The van der Waals surface area contributed by atoms with Gasteiger partial charge in [-0.15, -0.1) is 11.3 Å². The van der Waals surface area contributed by atoms with Gasteiger partial charge in [0.05, 0.1) is 18.5 Å². The van der Waals surface area contributed by atoms with Crippen LogP contribution >= 0.6 is 11.3 Å². The number of anilines is 1. The fourth-order valence-corrected chi connectivity index (χ4v) is 5.56. The number of thiazole rings is 1. The van der Waals surface area contributed by atoms with Crippen molar-refractivity contribution in [2.45, 2.75) is 20.3 Å². The van der Waals surface area contributed by atoms with E-state index < -0.39 is 0 Å². The Morgan fingerprint density at radius 2 is 1.73 bits per heavy atom. The summed E-state index contributed by atoms with van der Waals surface area (Å²) in [5.41, 5.74) is 4.72. The Morgan fingerprint density at radius 1 is 0.950 bits per heavy atom. The first-order valence-corrected chi connectivity index (χ1v) is 13.9. The summed E-state index contributed by atoms with van der Waals surface area (Å²) in [6.45, 7) is 4.11. The van der Waals surface area contributed by atoms with Gasteiger partial charge < -0.3 is 9.15 Å². The van der Waals surface area contributed by atoms with Crippen LogP contribution in [0.2, 0.25) is 0 Å². The minimum absolute atomic E-state index is 0.195. The second-order valence-corrected chi connectivity index (χ2v) is 10.5. The third-order valence-electron chi connectivity index (χ3n) is 6.73. The van der Waals surface area contributed by atoms with Gasteiger partial charge in [0.25, 0.3) is 5.91 Å². The number of methoxy groups -OCH3 is 1. The summed E-state index contributed by atoms with van der Waals surface area (Å²) in [5.74, 6) is 0.221. The maximum absolute atomic E-state index is 13.7. The van der Waals surface area contributed by atoms with E-state index in [2.05, 4.69) is 47.6 Å². The molecule has 1 N–H and O–H groups in total. The van der Waals surface area contributed by atoms with Gasteiger partial charge in [0.15, 0.2) is 16.5 Å². The van der Waals surface area contributed by atoms with Gasteiger partial charge in [-0.25, -0.2) is 9.98 Å². The van der Waals surface area contributed by atoms with Gasteiger partial charge >= 0.3 is 0 Å². The van der Waals surface area contributed by atoms with Crippen molar-refractivity contribution in [2.24, 2.45) is 4.99 Å². The number of carbonyl (C=O) groups is 1. The summed E-state index contributed by atoms with van der Waals surface area (Å²) >= 11 is 1.48. The van der Waals surface area contributed by atoms with E-state index >= 15 is 0 Å². The summed E-state index contributed by atoms with van der Waals surface area (Å²) in [5, 5.41) is 6.59. The first kappa shape index (κ1) is 25.5. The van der Waals surface area contributed by atoms with E-state index in [-0.39, 0.29) is 11.5 Å². The number of benzene rings is 4. The summed E-state index contributed by atoms with van der Waals surface area (Å²) in [7, 11) is 1.59. The molecule has 0 bridgehead atoms. The van der Waals surface area contributed by atoms with E-state index in [0.29, 0.717) is 27.7 Å². The van der Waals surface area contributed by atoms with Crippen molar-refractivity contribution >= 4 is 49.8 Å². The molecular weight excluding hydrogens is 518 g/mol. The Bertz CT molecular complexity index is 1940. The Labute approximate surface area is 235 Å². The van der Waals surface area contributed by atoms with Crippen molar-refractivity contribution in [3.63, 3.8) is 0 Å². The highest BCUT2D eigenvalue weighted by molar-refractivity contribution is 7.16. The average molecular weight is 546 g/mol. The SMILES string of the molecule is CCc1sc(NC(=O)c2cc3cccc(OC)c3oc2=Nc2ccc(C)cc2)nc1-c1ccc2ccccc2c1. The van der Waals surface area contributed by atoms with E-state index in [4.69, 9.17) is 14.1 Å². The number of aryl methyl sites for hydroxylation is 2. The molecule has 40 heavy (non-hydrogen) atoms. The number of fused-ring (bicyclic) bond motifs is 2. The van der Waals surface area contributed by atoms with Gasteiger partial charge in [-0.05, 0) is 54.4 Å². The van der Waals surface area contributed by atoms with Crippen molar-refractivity contribution in [2.75, 3.05) is 12.4 Å². The van der Waals surface area contributed by atoms with Crippen molar-refractivity contribution in [3.8, 4) is 17.0 Å². The van der Waals surface area contributed by atoms with E-state index in [9.17, 15) is 4.79 Å². The van der Waals surface area contributed by atoms with Crippen molar-refractivity contribution < 1.29 is 13.9 Å². The molecule has 6 aromatic rings. The zero-order valence-electron chi connectivity index (χ0n) is 22.4. The van der Waals surface area contributed by atoms with Crippen LogP contribution in [-0.2, 0) is 6.42 Å². The first-order valence-electron chi connectivity index (χ1n) is 13.0. The van der Waals surface area contributed by atoms with Gasteiger partial charge in [0.1, 0.15) is 5.56 Å². The number of hydrogen-bond acceptors (Lipinski definition) is 6. The molecule has 0 aliphatic rings. The highest BCUT2D eigenvalue weighted by Crippen LogP contribution is 2.33. The zero-order chi connectivity index (χ0) is 27.6. The largest absolute Gasteiger partial charge is 0.493 e. The standard InChI is InChI=1S/C33H27N3O3S/c1-4-28-29(23-15-14-21-8-5-6-9-22(21)18-23)35-33(40-28)36-31(37)26-19-24-10-7-11-27(38-3)30(24)39-32(26)34-25-16-12-20(2)13-17-25/h5-19H,4H2,1-3H3,(H,35,36,37). The molecular formula is C33H27N3O3S. The smallest absolute Gasteiger partial charge is 0.262 e. The van der Waals surface area contributed by atoms with E-state index in [1.807, 2.05) is 61.5 Å². The predicted octanol–water partition coefficient (Wildman–Crippen LogP) is 8.07. The molecule has 4 aromatic carbocycles. The van der Waals surface area contributed by atoms with Crippen LogP contribution in [-0.4, -0.2) is 18.0 Å². The van der Waals surface area contributed by atoms with Crippen LogP contribution < -0.4 is 15.6 Å². The second-order valence-electron chi connectivity index (χ2n) is 9.45. The number of hydrogen-bond donors (Lipinski definition) is 1. The number of aromatic nitrogens is 1. The molecule has 6 rings (SSSR count). The molecule has 1 amide bonds. The monoisotopic (exact) mass is 545 g/mol. The average Bonchev–Trinajstić information content (AvgIpc) is 3.40. The Balaban J connectivity index is 1.41. The third kappa shape index (κ3) is 4.99. The molecule has 0 saturated heterocycles. The normalized spacial score (nSPS) is 11.7. The van der Waals surface area contributed by atoms with Crippen LogP contribution in [0.5, 0.6) is 5.75 Å². The summed E-state index contributed by atoms with van der Waals surface area (Å²) in [6, 6.07) is 29.6. The van der Waals surface area contributed by atoms with E-state index in [1.54, 1.807) is 13.2 Å². The maximum Gasteiger partial charge on any atom is 0.262 e. The molecule has 0 aliphatic carbocycles. The summed E-state index contributed by atoms with van der Waals surface area (Å²) in [6.07, 6.45) is 0.800. The van der Waals surface area contributed by atoms with Gasteiger partial charge in [-0.2, -0.15) is 0 Å². The quantitative estimate of drug-likeness (QED) is 0.230. The number of nitrogens with one attached hydrogen (secondary N) is 1. The highest BCUT2D eigenvalue weighted by Gasteiger charge is 2.19. The molecule has 0 radical (unpaired) electrons. The van der Waals surface area contributed by atoms with Crippen molar-refractivity contribution in [3.05, 3.63) is 113 Å². The Morgan fingerprint density at radius 3 is 2.50 bits per heavy atom. The maximum atomic E-state index is 13.7. The number of amides is 1. The molecule has 0 atom stereocenters. The lowest BCUT2D eigenvalue weighted by molar-refractivity contribution is 0.102. The lowest BCUT2D eigenvalue weighted by Gasteiger charge is -2.08. The second kappa shape index (κ2) is 10.8. The third-order valence-corrected chi connectivity index (χ3v) is 7.84. The molecule has 0 spiro atoms. The number of para-hydroxylation sites is 1. The molecule has 198 valence electrons. The zero-order valence-corrected chi connectivity index (χ0v) is 23.2. The fourth-order valence-electron chi connectivity index (χ4n) is 4.64. The lowest BCUT2D eigenvalue weighted by Crippen LogP contribution is -2.21. The topological polar surface area (TPSA) is 76.7 Å². The minimum atomic E-state index is -0.346. The number of rotatable bonds is 6. The number of ether oxygens (including phenoxy) is 1. The summed E-state index contributed by atoms with van der Waals surface area (Å²) in [4.78, 5) is 24.3. The molecule has 0 unspecified atom stereocenters. The van der Waals surface area contributed by atoms with Gasteiger partial charge in [0.2, 0.25) is 5.55 Å². The van der Waals surface area contributed by atoms with Crippen LogP contribution in [0, 0.1) is 6.92 Å². The number of nitrogens with zero attached hydrogens (tertiary/aromatic N) is 2. The first-order chi connectivity index (χ1) is 19.5. The predicted molar refractivity (Wildman–Crippen MR) is 162 cm³/mol.